The number of hydrogen-bond donors (Lipinski definition) is 1. The molecule has 0 fully saturated rings. The molecule has 0 radical (unpaired) electrons. The molecule has 0 saturated carbocycles. The van der Waals surface area contributed by atoms with E-state index in [1.54, 1.807) is 12.4 Å². The fourth-order valence-corrected chi connectivity index (χ4v) is 3.36. The molecule has 1 heterocycles. The number of halogens is 1. The van der Waals surface area contributed by atoms with Gasteiger partial charge >= 0.3 is 0 Å². The molecule has 2 rings (SSSR count). The molecule has 0 spiro atoms. The third kappa shape index (κ3) is 2.97. The number of pyridine rings is 1. The summed E-state index contributed by atoms with van der Waals surface area (Å²) in [5, 5.41) is 0. The van der Waals surface area contributed by atoms with Gasteiger partial charge in [0.1, 0.15) is 0 Å². The van der Waals surface area contributed by atoms with Crippen molar-refractivity contribution in [3.63, 3.8) is 0 Å². The minimum atomic E-state index is -1.11. The van der Waals surface area contributed by atoms with Gasteiger partial charge in [0, 0.05) is 27.4 Å². The highest BCUT2D eigenvalue weighted by Gasteiger charge is 2.10. The first kappa shape index (κ1) is 13.2. The third-order valence-corrected chi connectivity index (χ3v) is 4.59. The number of anilines is 1. The maximum absolute atomic E-state index is 12.3. The van der Waals surface area contributed by atoms with Gasteiger partial charge in [0.2, 0.25) is 0 Å². The Morgan fingerprint density at radius 2 is 2.17 bits per heavy atom. The molecule has 2 N–H and O–H groups in total. The van der Waals surface area contributed by atoms with Gasteiger partial charge in [-0.3, -0.25) is 9.19 Å². The molecule has 1 aromatic heterocycles. The molecule has 0 aliphatic rings. The Balaban J connectivity index is 2.25. The summed E-state index contributed by atoms with van der Waals surface area (Å²) in [6.07, 6.45) is 3.43. The van der Waals surface area contributed by atoms with E-state index in [0.29, 0.717) is 11.4 Å². The van der Waals surface area contributed by atoms with Crippen molar-refractivity contribution in [2.45, 2.75) is 17.6 Å². The van der Waals surface area contributed by atoms with Gasteiger partial charge in [0.15, 0.2) is 0 Å². The molecule has 0 saturated heterocycles. The van der Waals surface area contributed by atoms with E-state index in [0.717, 1.165) is 20.5 Å². The van der Waals surface area contributed by atoms with Crippen molar-refractivity contribution >= 4 is 32.4 Å². The van der Waals surface area contributed by atoms with Crippen LogP contribution in [0.15, 0.2) is 46.0 Å². The molecule has 0 aliphatic carbocycles. The fraction of sp³-hybridized carbons (Fsp3) is 0.154. The summed E-state index contributed by atoms with van der Waals surface area (Å²) in [6.45, 7) is 1.89. The van der Waals surface area contributed by atoms with Crippen molar-refractivity contribution < 1.29 is 4.21 Å². The number of rotatable bonds is 3. The molecule has 1 atom stereocenters. The maximum Gasteiger partial charge on any atom is 0.0578 e. The predicted molar refractivity (Wildman–Crippen MR) is 77.6 cm³/mol. The zero-order valence-electron chi connectivity index (χ0n) is 9.89. The summed E-state index contributed by atoms with van der Waals surface area (Å²) in [6, 6.07) is 7.42. The molecule has 1 unspecified atom stereocenters. The summed E-state index contributed by atoms with van der Waals surface area (Å²) in [5.41, 5.74) is 8.32. The van der Waals surface area contributed by atoms with Crippen LogP contribution >= 0.6 is 15.9 Å². The normalized spacial score (nSPS) is 12.3. The van der Waals surface area contributed by atoms with Crippen molar-refractivity contribution in [3.05, 3.63) is 52.3 Å². The van der Waals surface area contributed by atoms with Gasteiger partial charge in [-0.1, -0.05) is 6.07 Å². The molecule has 2 aromatic rings. The number of aromatic nitrogens is 1. The molecule has 0 aliphatic heterocycles. The smallest absolute Gasteiger partial charge is 0.0578 e. The maximum atomic E-state index is 12.3. The fourth-order valence-electron chi connectivity index (χ4n) is 1.64. The Morgan fingerprint density at radius 1 is 1.39 bits per heavy atom. The van der Waals surface area contributed by atoms with Crippen LogP contribution in [0, 0.1) is 6.92 Å². The average Bonchev–Trinajstić information content (AvgIpc) is 2.32. The van der Waals surface area contributed by atoms with Crippen LogP contribution in [-0.4, -0.2) is 9.19 Å². The zero-order valence-corrected chi connectivity index (χ0v) is 12.3. The topological polar surface area (TPSA) is 56.0 Å². The molecule has 3 nitrogen and oxygen atoms in total. The lowest BCUT2D eigenvalue weighted by molar-refractivity contribution is 0.682. The predicted octanol–water partition coefficient (Wildman–Crippen LogP) is 3.04. The van der Waals surface area contributed by atoms with Crippen LogP contribution in [0.25, 0.3) is 0 Å². The summed E-state index contributed by atoms with van der Waals surface area (Å²) in [5.74, 6) is 0.441. The second kappa shape index (κ2) is 5.63. The second-order valence-corrected chi connectivity index (χ2v) is 6.31. The number of hydrogen-bond acceptors (Lipinski definition) is 3. The minimum absolute atomic E-state index is 0.441. The molecule has 0 bridgehead atoms. The highest BCUT2D eigenvalue weighted by molar-refractivity contribution is 9.10. The molecular weight excluding hydrogens is 312 g/mol. The van der Waals surface area contributed by atoms with Gasteiger partial charge in [0.25, 0.3) is 0 Å². The monoisotopic (exact) mass is 324 g/mol. The van der Waals surface area contributed by atoms with Gasteiger partial charge in [-0.25, -0.2) is 0 Å². The Kier molecular flexibility index (Phi) is 4.14. The van der Waals surface area contributed by atoms with Crippen molar-refractivity contribution in [1.82, 2.24) is 4.98 Å². The largest absolute Gasteiger partial charge is 0.398 e. The Bertz CT molecular complexity index is 601. The highest BCUT2D eigenvalue weighted by atomic mass is 79.9. The molecule has 0 amide bonds. The summed E-state index contributed by atoms with van der Waals surface area (Å²) < 4.78 is 13.2. The number of benzene rings is 1. The molecule has 1 aromatic carbocycles. The van der Waals surface area contributed by atoms with Gasteiger partial charge in [-0.2, -0.15) is 0 Å². The lowest BCUT2D eigenvalue weighted by Gasteiger charge is -2.08. The van der Waals surface area contributed by atoms with E-state index in [2.05, 4.69) is 20.9 Å². The Morgan fingerprint density at radius 3 is 2.89 bits per heavy atom. The Hall–Kier alpha value is -1.20. The first-order chi connectivity index (χ1) is 8.58. The first-order valence-corrected chi connectivity index (χ1v) is 7.52. The first-order valence-electron chi connectivity index (χ1n) is 5.41. The Labute approximate surface area is 117 Å². The van der Waals surface area contributed by atoms with Crippen LogP contribution < -0.4 is 5.73 Å². The zero-order chi connectivity index (χ0) is 13.1. The van der Waals surface area contributed by atoms with E-state index in [4.69, 9.17) is 5.73 Å². The summed E-state index contributed by atoms with van der Waals surface area (Å²) >= 11 is 3.35. The molecular formula is C13H13BrN2OS. The quantitative estimate of drug-likeness (QED) is 0.883. The van der Waals surface area contributed by atoms with E-state index < -0.39 is 10.8 Å². The van der Waals surface area contributed by atoms with E-state index in [1.807, 2.05) is 31.2 Å². The summed E-state index contributed by atoms with van der Waals surface area (Å²) in [4.78, 5) is 4.85. The van der Waals surface area contributed by atoms with Crippen LogP contribution in [0.3, 0.4) is 0 Å². The molecule has 5 heteroatoms. The lowest BCUT2D eigenvalue weighted by atomic mass is 10.2. The van der Waals surface area contributed by atoms with E-state index >= 15 is 0 Å². The van der Waals surface area contributed by atoms with Crippen molar-refractivity contribution in [2.24, 2.45) is 0 Å². The van der Waals surface area contributed by atoms with E-state index in [9.17, 15) is 4.21 Å². The van der Waals surface area contributed by atoms with Crippen molar-refractivity contribution in [1.29, 1.82) is 0 Å². The minimum Gasteiger partial charge on any atom is -0.398 e. The van der Waals surface area contributed by atoms with Crippen LogP contribution in [0.5, 0.6) is 0 Å². The highest BCUT2D eigenvalue weighted by Crippen LogP contribution is 2.21. The molecule has 94 valence electrons. The van der Waals surface area contributed by atoms with E-state index in [1.165, 1.54) is 0 Å². The van der Waals surface area contributed by atoms with Crippen molar-refractivity contribution in [3.8, 4) is 0 Å². The molecule has 18 heavy (non-hydrogen) atoms. The third-order valence-electron chi connectivity index (χ3n) is 2.63. The van der Waals surface area contributed by atoms with Crippen LogP contribution in [0.1, 0.15) is 11.1 Å². The van der Waals surface area contributed by atoms with Gasteiger partial charge in [0.05, 0.1) is 16.6 Å². The van der Waals surface area contributed by atoms with Gasteiger partial charge < -0.3 is 5.73 Å². The number of nitrogen functional groups attached to an aromatic ring is 1. The lowest BCUT2D eigenvalue weighted by Crippen LogP contribution is -2.01. The van der Waals surface area contributed by atoms with Crippen molar-refractivity contribution in [2.75, 3.05) is 5.73 Å². The summed E-state index contributed by atoms with van der Waals surface area (Å²) in [7, 11) is -1.11. The van der Waals surface area contributed by atoms with Crippen LogP contribution in [0.4, 0.5) is 5.69 Å². The SMILES string of the molecule is Cc1c(N)cccc1S(=O)Cc1cncc(Br)c1. The van der Waals surface area contributed by atoms with Crippen LogP contribution in [-0.2, 0) is 16.6 Å². The van der Waals surface area contributed by atoms with E-state index in [-0.39, 0.29) is 0 Å². The number of nitrogens with zero attached hydrogens (tertiary/aromatic N) is 1. The number of nitrogens with two attached hydrogens (primary N) is 1. The van der Waals surface area contributed by atoms with Gasteiger partial charge in [-0.05, 0) is 52.2 Å². The van der Waals surface area contributed by atoms with Gasteiger partial charge in [-0.15, -0.1) is 0 Å². The standard InChI is InChI=1S/C13H13BrN2OS/c1-9-12(15)3-2-4-13(9)18(17)8-10-5-11(14)7-16-6-10/h2-7H,8,15H2,1H3. The second-order valence-electron chi connectivity index (χ2n) is 3.97. The van der Waals surface area contributed by atoms with Crippen LogP contribution in [0.2, 0.25) is 0 Å². The average molecular weight is 325 g/mol.